The molecule has 1 aromatic rings. The lowest BCUT2D eigenvalue weighted by Crippen LogP contribution is -2.30. The molecule has 6 nitrogen and oxygen atoms in total. The van der Waals surface area contributed by atoms with E-state index in [0.29, 0.717) is 6.42 Å². The fourth-order valence-electron chi connectivity index (χ4n) is 1.77. The van der Waals surface area contributed by atoms with E-state index in [1.807, 2.05) is 25.7 Å². The molecule has 19 heavy (non-hydrogen) atoms. The molecule has 1 heterocycles. The summed E-state index contributed by atoms with van der Waals surface area (Å²) >= 11 is 1.65. The third kappa shape index (κ3) is 5.18. The van der Waals surface area contributed by atoms with E-state index in [1.165, 1.54) is 0 Å². The number of aromatic nitrogens is 4. The van der Waals surface area contributed by atoms with Crippen LogP contribution in [-0.4, -0.2) is 49.9 Å². The number of hydrogen-bond acceptors (Lipinski definition) is 5. The lowest BCUT2D eigenvalue weighted by atomic mass is 10.2. The maximum atomic E-state index is 11.8. The maximum absolute atomic E-state index is 11.8. The Morgan fingerprint density at radius 3 is 2.63 bits per heavy atom. The summed E-state index contributed by atoms with van der Waals surface area (Å²) in [6.07, 6.45) is 2.57. The molecule has 0 aliphatic heterocycles. The normalized spacial score (nSPS) is 10.7. The first-order valence-corrected chi connectivity index (χ1v) is 7.88. The van der Waals surface area contributed by atoms with E-state index in [-0.39, 0.29) is 5.91 Å². The number of rotatable bonds is 9. The smallest absolute Gasteiger partial charge is 0.222 e. The molecule has 1 aromatic heterocycles. The SMILES string of the molecule is CCN(CC)C(=O)CCCCSc1nnnn1CC. The lowest BCUT2D eigenvalue weighted by Gasteiger charge is -2.18. The molecular formula is C12H23N5OS. The van der Waals surface area contributed by atoms with Gasteiger partial charge < -0.3 is 4.90 Å². The number of thioether (sulfide) groups is 1. The van der Waals surface area contributed by atoms with Crippen LogP contribution in [0, 0.1) is 0 Å². The summed E-state index contributed by atoms with van der Waals surface area (Å²) in [6.45, 7) is 8.44. The van der Waals surface area contributed by atoms with E-state index in [0.717, 1.165) is 43.4 Å². The lowest BCUT2D eigenvalue weighted by molar-refractivity contribution is -0.130. The summed E-state index contributed by atoms with van der Waals surface area (Å²) in [7, 11) is 0. The van der Waals surface area contributed by atoms with E-state index < -0.39 is 0 Å². The first-order valence-electron chi connectivity index (χ1n) is 6.89. The van der Waals surface area contributed by atoms with Crippen molar-refractivity contribution in [3.8, 4) is 0 Å². The van der Waals surface area contributed by atoms with Crippen LogP contribution in [0.15, 0.2) is 5.16 Å². The quantitative estimate of drug-likeness (QED) is 0.511. The van der Waals surface area contributed by atoms with E-state index in [2.05, 4.69) is 15.5 Å². The van der Waals surface area contributed by atoms with Crippen molar-refractivity contribution >= 4 is 17.7 Å². The molecule has 7 heteroatoms. The zero-order chi connectivity index (χ0) is 14.1. The Bertz CT molecular complexity index is 378. The third-order valence-electron chi connectivity index (χ3n) is 2.93. The van der Waals surface area contributed by atoms with E-state index in [1.54, 1.807) is 16.4 Å². The molecule has 0 spiro atoms. The van der Waals surface area contributed by atoms with Gasteiger partial charge in [0.2, 0.25) is 11.1 Å². The molecule has 0 N–H and O–H groups in total. The second-order valence-corrected chi connectivity index (χ2v) is 5.21. The van der Waals surface area contributed by atoms with Gasteiger partial charge >= 0.3 is 0 Å². The average Bonchev–Trinajstić information content (AvgIpc) is 2.87. The summed E-state index contributed by atoms with van der Waals surface area (Å²) in [5.41, 5.74) is 0. The van der Waals surface area contributed by atoms with Gasteiger partial charge in [0.15, 0.2) is 0 Å². The fourth-order valence-corrected chi connectivity index (χ4v) is 2.71. The minimum absolute atomic E-state index is 0.258. The van der Waals surface area contributed by atoms with E-state index in [4.69, 9.17) is 0 Å². The van der Waals surface area contributed by atoms with Crippen LogP contribution < -0.4 is 0 Å². The number of tetrazole rings is 1. The van der Waals surface area contributed by atoms with Crippen molar-refractivity contribution in [2.24, 2.45) is 0 Å². The molecule has 0 radical (unpaired) electrons. The molecule has 0 unspecified atom stereocenters. The van der Waals surface area contributed by atoms with Crippen LogP contribution in [0.25, 0.3) is 0 Å². The molecule has 1 rings (SSSR count). The van der Waals surface area contributed by atoms with Gasteiger partial charge in [0.1, 0.15) is 0 Å². The largest absolute Gasteiger partial charge is 0.343 e. The molecular weight excluding hydrogens is 262 g/mol. The number of carbonyl (C=O) groups is 1. The van der Waals surface area contributed by atoms with Gasteiger partial charge in [-0.2, -0.15) is 0 Å². The molecule has 108 valence electrons. The summed E-state index contributed by atoms with van der Waals surface area (Å²) in [5, 5.41) is 12.4. The van der Waals surface area contributed by atoms with Gasteiger partial charge in [-0.1, -0.05) is 11.8 Å². The highest BCUT2D eigenvalue weighted by atomic mass is 32.2. The van der Waals surface area contributed by atoms with Gasteiger partial charge in [0.05, 0.1) is 0 Å². The minimum Gasteiger partial charge on any atom is -0.343 e. The number of carbonyl (C=O) groups excluding carboxylic acids is 1. The average molecular weight is 285 g/mol. The van der Waals surface area contributed by atoms with Crippen LogP contribution in [0.4, 0.5) is 0 Å². The molecule has 0 fully saturated rings. The van der Waals surface area contributed by atoms with Gasteiger partial charge in [-0.05, 0) is 44.0 Å². The van der Waals surface area contributed by atoms with Crippen LogP contribution in [0.1, 0.15) is 40.0 Å². The van der Waals surface area contributed by atoms with E-state index >= 15 is 0 Å². The Labute approximate surface area is 118 Å². The van der Waals surface area contributed by atoms with Crippen LogP contribution >= 0.6 is 11.8 Å². The van der Waals surface area contributed by atoms with Crippen LogP contribution in [0.5, 0.6) is 0 Å². The second-order valence-electron chi connectivity index (χ2n) is 4.15. The number of hydrogen-bond donors (Lipinski definition) is 0. The van der Waals surface area contributed by atoms with Crippen molar-refractivity contribution < 1.29 is 4.79 Å². The van der Waals surface area contributed by atoms with Crippen LogP contribution in [0.2, 0.25) is 0 Å². The van der Waals surface area contributed by atoms with Crippen molar-refractivity contribution in [1.29, 1.82) is 0 Å². The van der Waals surface area contributed by atoms with Crippen molar-refractivity contribution in [1.82, 2.24) is 25.1 Å². The number of amides is 1. The highest BCUT2D eigenvalue weighted by Gasteiger charge is 2.09. The molecule has 0 atom stereocenters. The van der Waals surface area contributed by atoms with Crippen molar-refractivity contribution in [2.45, 2.75) is 51.7 Å². The number of unbranched alkanes of at least 4 members (excludes halogenated alkanes) is 1. The standard InChI is InChI=1S/C12H23N5OS/c1-4-16(5-2)11(18)9-7-8-10-19-12-13-14-15-17(12)6-3/h4-10H2,1-3H3. The second kappa shape index (κ2) is 8.90. The van der Waals surface area contributed by atoms with Crippen molar-refractivity contribution in [2.75, 3.05) is 18.8 Å². The molecule has 0 aromatic carbocycles. The molecule has 0 bridgehead atoms. The molecule has 0 aliphatic carbocycles. The molecule has 0 saturated heterocycles. The zero-order valence-electron chi connectivity index (χ0n) is 12.0. The highest BCUT2D eigenvalue weighted by Crippen LogP contribution is 2.16. The fraction of sp³-hybridized carbons (Fsp3) is 0.833. The summed E-state index contributed by atoms with van der Waals surface area (Å²) in [5.74, 6) is 1.21. The highest BCUT2D eigenvalue weighted by molar-refractivity contribution is 7.99. The van der Waals surface area contributed by atoms with Gasteiger partial charge in [-0.25, -0.2) is 4.68 Å². The van der Waals surface area contributed by atoms with Crippen molar-refractivity contribution in [3.63, 3.8) is 0 Å². The Balaban J connectivity index is 2.16. The van der Waals surface area contributed by atoms with Gasteiger partial charge in [-0.3, -0.25) is 4.79 Å². The Kier molecular flexibility index (Phi) is 7.47. The van der Waals surface area contributed by atoms with Crippen molar-refractivity contribution in [3.05, 3.63) is 0 Å². The Morgan fingerprint density at radius 2 is 2.00 bits per heavy atom. The first kappa shape index (κ1) is 15.9. The monoisotopic (exact) mass is 285 g/mol. The van der Waals surface area contributed by atoms with Gasteiger partial charge in [0.25, 0.3) is 0 Å². The predicted molar refractivity (Wildman–Crippen MR) is 76.0 cm³/mol. The number of aryl methyl sites for hydroxylation is 1. The summed E-state index contributed by atoms with van der Waals surface area (Å²) < 4.78 is 1.78. The molecule has 0 saturated carbocycles. The van der Waals surface area contributed by atoms with Crippen LogP contribution in [0.3, 0.4) is 0 Å². The third-order valence-corrected chi connectivity index (χ3v) is 3.97. The zero-order valence-corrected chi connectivity index (χ0v) is 12.8. The molecule has 0 aliphatic rings. The Morgan fingerprint density at radius 1 is 1.26 bits per heavy atom. The minimum atomic E-state index is 0.258. The van der Waals surface area contributed by atoms with E-state index in [9.17, 15) is 4.79 Å². The number of nitrogens with zero attached hydrogens (tertiary/aromatic N) is 5. The summed E-state index contributed by atoms with van der Waals surface area (Å²) in [4.78, 5) is 13.7. The maximum Gasteiger partial charge on any atom is 0.222 e. The Hall–Kier alpha value is -1.11. The topological polar surface area (TPSA) is 63.9 Å². The summed E-state index contributed by atoms with van der Waals surface area (Å²) in [6, 6.07) is 0. The molecule has 1 amide bonds. The van der Waals surface area contributed by atoms with Gasteiger partial charge in [0, 0.05) is 31.8 Å². The first-order chi connectivity index (χ1) is 9.22. The van der Waals surface area contributed by atoms with Crippen LogP contribution in [-0.2, 0) is 11.3 Å². The van der Waals surface area contributed by atoms with Gasteiger partial charge in [-0.15, -0.1) is 5.10 Å². The predicted octanol–water partition coefficient (Wildman–Crippen LogP) is 1.82.